The molecule has 0 aliphatic heterocycles. The second-order valence-corrected chi connectivity index (χ2v) is 5.69. The van der Waals surface area contributed by atoms with E-state index in [2.05, 4.69) is 4.98 Å². The highest BCUT2D eigenvalue weighted by Crippen LogP contribution is 2.23. The Morgan fingerprint density at radius 3 is 2.36 bits per heavy atom. The Labute approximate surface area is 145 Å². The van der Waals surface area contributed by atoms with Crippen molar-refractivity contribution in [2.45, 2.75) is 0 Å². The zero-order chi connectivity index (χ0) is 17.1. The summed E-state index contributed by atoms with van der Waals surface area (Å²) in [6.45, 7) is 0. The van der Waals surface area contributed by atoms with Gasteiger partial charge in [0, 0.05) is 22.7 Å². The molecule has 1 aromatic heterocycles. The maximum Gasteiger partial charge on any atom is 0.194 e. The molecule has 0 aliphatic rings. The highest BCUT2D eigenvalue weighted by atomic mass is 16.5. The van der Waals surface area contributed by atoms with Crippen LogP contribution in [0.2, 0.25) is 0 Å². The van der Waals surface area contributed by atoms with Gasteiger partial charge in [0.15, 0.2) is 5.78 Å². The van der Waals surface area contributed by atoms with Crippen LogP contribution in [0.3, 0.4) is 0 Å². The lowest BCUT2D eigenvalue weighted by Crippen LogP contribution is -2.02. The summed E-state index contributed by atoms with van der Waals surface area (Å²) in [5.41, 5.74) is 2.02. The molecular weight excluding hydrogens is 310 g/mol. The molecule has 0 aliphatic carbocycles. The summed E-state index contributed by atoms with van der Waals surface area (Å²) in [4.78, 5) is 17.2. The third kappa shape index (κ3) is 3.26. The lowest BCUT2D eigenvalue weighted by atomic mass is 10.0. The first kappa shape index (κ1) is 15.1. The Bertz CT molecular complexity index is 1040. The number of carbonyl (C=O) groups is 1. The van der Waals surface area contributed by atoms with Crippen LogP contribution in [0.4, 0.5) is 0 Å². The molecule has 120 valence electrons. The number of carbonyl (C=O) groups excluding carboxylic acids is 1. The SMILES string of the molecule is O=C(c1cccc(Oc2ccccc2)c1)c1cnc2ccccc2c1. The Hall–Kier alpha value is -3.46. The van der Waals surface area contributed by atoms with E-state index in [9.17, 15) is 4.79 Å². The Balaban J connectivity index is 1.64. The molecule has 0 unspecified atom stereocenters. The van der Waals surface area contributed by atoms with Crippen molar-refractivity contribution >= 4 is 16.7 Å². The number of aromatic nitrogens is 1. The number of ketones is 1. The van der Waals surface area contributed by atoms with Gasteiger partial charge in [-0.2, -0.15) is 0 Å². The second kappa shape index (κ2) is 6.57. The summed E-state index contributed by atoms with van der Waals surface area (Å²) in [5.74, 6) is 1.29. The minimum atomic E-state index is -0.0724. The molecule has 3 aromatic carbocycles. The molecule has 4 rings (SSSR count). The van der Waals surface area contributed by atoms with Crippen molar-refractivity contribution in [3.63, 3.8) is 0 Å². The molecule has 3 heteroatoms. The zero-order valence-corrected chi connectivity index (χ0v) is 13.4. The molecule has 1 heterocycles. The number of benzene rings is 3. The lowest BCUT2D eigenvalue weighted by molar-refractivity contribution is 0.103. The third-order valence-corrected chi connectivity index (χ3v) is 3.93. The summed E-state index contributed by atoms with van der Waals surface area (Å²) < 4.78 is 5.81. The number of fused-ring (bicyclic) bond motifs is 1. The van der Waals surface area contributed by atoms with Crippen molar-refractivity contribution < 1.29 is 9.53 Å². The van der Waals surface area contributed by atoms with Crippen LogP contribution >= 0.6 is 0 Å². The summed E-state index contributed by atoms with van der Waals surface area (Å²) in [6, 6.07) is 26.3. The highest BCUT2D eigenvalue weighted by molar-refractivity contribution is 6.10. The van der Waals surface area contributed by atoms with Gasteiger partial charge in [0.1, 0.15) is 11.5 Å². The standard InChI is InChI=1S/C22H15NO2/c24-22(18-13-16-7-4-5-12-21(16)23-15-18)17-8-6-11-20(14-17)25-19-9-2-1-3-10-19/h1-15H. The summed E-state index contributed by atoms with van der Waals surface area (Å²) in [5, 5.41) is 0.949. The molecule has 0 fully saturated rings. The van der Waals surface area contributed by atoms with Gasteiger partial charge in [-0.1, -0.05) is 48.5 Å². The van der Waals surface area contributed by atoms with E-state index in [0.29, 0.717) is 16.9 Å². The molecule has 0 spiro atoms. The van der Waals surface area contributed by atoms with Crippen LogP contribution in [-0.4, -0.2) is 10.8 Å². The number of rotatable bonds is 4. The number of nitrogens with zero attached hydrogens (tertiary/aromatic N) is 1. The van der Waals surface area contributed by atoms with E-state index in [0.717, 1.165) is 16.7 Å². The van der Waals surface area contributed by atoms with E-state index in [1.54, 1.807) is 18.3 Å². The van der Waals surface area contributed by atoms with Crippen LogP contribution in [0.15, 0.2) is 91.1 Å². The number of hydrogen-bond acceptors (Lipinski definition) is 3. The van der Waals surface area contributed by atoms with Gasteiger partial charge in [0.05, 0.1) is 5.52 Å². The highest BCUT2D eigenvalue weighted by Gasteiger charge is 2.11. The number of para-hydroxylation sites is 2. The van der Waals surface area contributed by atoms with Crippen molar-refractivity contribution in [3.8, 4) is 11.5 Å². The summed E-state index contributed by atoms with van der Waals surface area (Å²) in [6.07, 6.45) is 1.62. The fourth-order valence-corrected chi connectivity index (χ4v) is 2.69. The van der Waals surface area contributed by atoms with Gasteiger partial charge in [-0.25, -0.2) is 0 Å². The molecule has 0 atom stereocenters. The third-order valence-electron chi connectivity index (χ3n) is 3.93. The van der Waals surface area contributed by atoms with E-state index in [-0.39, 0.29) is 5.78 Å². The van der Waals surface area contributed by atoms with Crippen molar-refractivity contribution in [2.75, 3.05) is 0 Å². The summed E-state index contributed by atoms with van der Waals surface area (Å²) in [7, 11) is 0. The average Bonchev–Trinajstić information content (AvgIpc) is 2.68. The topological polar surface area (TPSA) is 39.2 Å². The zero-order valence-electron chi connectivity index (χ0n) is 13.4. The smallest absolute Gasteiger partial charge is 0.194 e. The van der Waals surface area contributed by atoms with Crippen LogP contribution in [0, 0.1) is 0 Å². The van der Waals surface area contributed by atoms with Gasteiger partial charge in [0.2, 0.25) is 0 Å². The normalized spacial score (nSPS) is 10.6. The van der Waals surface area contributed by atoms with Crippen LogP contribution < -0.4 is 4.74 Å². The molecule has 3 nitrogen and oxygen atoms in total. The predicted molar refractivity (Wildman–Crippen MR) is 98.1 cm³/mol. The number of pyridine rings is 1. The molecule has 0 N–H and O–H groups in total. The molecule has 25 heavy (non-hydrogen) atoms. The summed E-state index contributed by atoms with van der Waals surface area (Å²) >= 11 is 0. The minimum Gasteiger partial charge on any atom is -0.457 e. The van der Waals surface area contributed by atoms with Crippen molar-refractivity contribution in [1.82, 2.24) is 4.98 Å². The van der Waals surface area contributed by atoms with Gasteiger partial charge in [-0.3, -0.25) is 9.78 Å². The fraction of sp³-hybridized carbons (Fsp3) is 0. The first-order valence-electron chi connectivity index (χ1n) is 8.02. The molecular formula is C22H15NO2. The average molecular weight is 325 g/mol. The maximum absolute atomic E-state index is 12.8. The van der Waals surface area contributed by atoms with Crippen molar-refractivity contribution in [1.29, 1.82) is 0 Å². The molecule has 0 saturated carbocycles. The van der Waals surface area contributed by atoms with E-state index in [1.165, 1.54) is 0 Å². The monoisotopic (exact) mass is 325 g/mol. The lowest BCUT2D eigenvalue weighted by Gasteiger charge is -2.07. The molecule has 0 bridgehead atoms. The van der Waals surface area contributed by atoms with E-state index in [4.69, 9.17) is 4.74 Å². The Kier molecular flexibility index (Phi) is 3.97. The van der Waals surface area contributed by atoms with E-state index < -0.39 is 0 Å². The number of hydrogen-bond donors (Lipinski definition) is 0. The van der Waals surface area contributed by atoms with Gasteiger partial charge in [-0.05, 0) is 36.4 Å². The van der Waals surface area contributed by atoms with Gasteiger partial charge < -0.3 is 4.74 Å². The molecule has 0 saturated heterocycles. The number of ether oxygens (including phenoxy) is 1. The van der Waals surface area contributed by atoms with Crippen LogP contribution in [0.5, 0.6) is 11.5 Å². The van der Waals surface area contributed by atoms with Gasteiger partial charge in [-0.15, -0.1) is 0 Å². The van der Waals surface area contributed by atoms with Crippen LogP contribution in [0.1, 0.15) is 15.9 Å². The van der Waals surface area contributed by atoms with Crippen molar-refractivity contribution in [2.24, 2.45) is 0 Å². The Morgan fingerprint density at radius 2 is 1.48 bits per heavy atom. The van der Waals surface area contributed by atoms with Crippen LogP contribution in [0.25, 0.3) is 10.9 Å². The Morgan fingerprint density at radius 1 is 0.720 bits per heavy atom. The van der Waals surface area contributed by atoms with Crippen LogP contribution in [-0.2, 0) is 0 Å². The van der Waals surface area contributed by atoms with E-state index >= 15 is 0 Å². The minimum absolute atomic E-state index is 0.0724. The predicted octanol–water partition coefficient (Wildman–Crippen LogP) is 5.26. The van der Waals surface area contributed by atoms with E-state index in [1.807, 2.05) is 72.8 Å². The molecule has 0 radical (unpaired) electrons. The first-order valence-corrected chi connectivity index (χ1v) is 8.02. The largest absolute Gasteiger partial charge is 0.457 e. The quantitative estimate of drug-likeness (QED) is 0.481. The molecule has 4 aromatic rings. The van der Waals surface area contributed by atoms with Gasteiger partial charge in [0.25, 0.3) is 0 Å². The second-order valence-electron chi connectivity index (χ2n) is 5.69. The maximum atomic E-state index is 12.8. The fourth-order valence-electron chi connectivity index (χ4n) is 2.69. The first-order chi connectivity index (χ1) is 12.3. The van der Waals surface area contributed by atoms with Crippen molar-refractivity contribution in [3.05, 3.63) is 102 Å². The molecule has 0 amide bonds. The van der Waals surface area contributed by atoms with Gasteiger partial charge >= 0.3 is 0 Å².